The summed E-state index contributed by atoms with van der Waals surface area (Å²) in [6, 6.07) is 17.0. The third-order valence-electron chi connectivity index (χ3n) is 3.53. The van der Waals surface area contributed by atoms with Crippen molar-refractivity contribution in [1.82, 2.24) is 5.32 Å². The van der Waals surface area contributed by atoms with Crippen LogP contribution in [-0.2, 0) is 11.3 Å². The smallest absolute Gasteiger partial charge is 0.338 e. The first-order chi connectivity index (χ1) is 11.4. The molecule has 128 valence electrons. The molecular formula is C20H25NO3. The van der Waals surface area contributed by atoms with E-state index in [0.29, 0.717) is 12.1 Å². The molecule has 4 nitrogen and oxygen atoms in total. The van der Waals surface area contributed by atoms with Gasteiger partial charge in [-0.3, -0.25) is 0 Å². The molecule has 0 heterocycles. The second-order valence-corrected chi connectivity index (χ2v) is 6.73. The molecule has 0 aromatic heterocycles. The number of carbonyl (C=O) groups is 1. The van der Waals surface area contributed by atoms with Crippen LogP contribution in [0.1, 0.15) is 48.3 Å². The number of carbonyl (C=O) groups excluding carboxylic acids is 1. The maximum Gasteiger partial charge on any atom is 0.338 e. The highest BCUT2D eigenvalue weighted by molar-refractivity contribution is 5.89. The van der Waals surface area contributed by atoms with Crippen LogP contribution >= 0.6 is 0 Å². The predicted molar refractivity (Wildman–Crippen MR) is 94.7 cm³/mol. The molecule has 0 saturated heterocycles. The molecule has 0 amide bonds. The van der Waals surface area contributed by atoms with Gasteiger partial charge in [0.05, 0.1) is 18.2 Å². The van der Waals surface area contributed by atoms with Crippen LogP contribution in [0.3, 0.4) is 0 Å². The molecule has 0 aliphatic rings. The molecule has 0 saturated carbocycles. The first-order valence-electron chi connectivity index (χ1n) is 8.10. The SMILES string of the molecule is CC(C)(C)OC(=O)c1ccc(CNC(CO)c2ccccc2)cc1. The Kier molecular flexibility index (Phi) is 6.12. The molecule has 0 fully saturated rings. The van der Waals surface area contributed by atoms with Crippen LogP contribution in [0.4, 0.5) is 0 Å². The van der Waals surface area contributed by atoms with Crippen LogP contribution < -0.4 is 5.32 Å². The molecule has 0 radical (unpaired) electrons. The third-order valence-corrected chi connectivity index (χ3v) is 3.53. The molecule has 1 atom stereocenters. The fourth-order valence-electron chi connectivity index (χ4n) is 2.31. The summed E-state index contributed by atoms with van der Waals surface area (Å²) in [5.41, 5.74) is 2.12. The lowest BCUT2D eigenvalue weighted by Gasteiger charge is -2.19. The van der Waals surface area contributed by atoms with Gasteiger partial charge in [-0.2, -0.15) is 0 Å². The average molecular weight is 327 g/mol. The van der Waals surface area contributed by atoms with Crippen LogP contribution in [0.25, 0.3) is 0 Å². The number of ether oxygens (including phenoxy) is 1. The van der Waals surface area contributed by atoms with Crippen LogP contribution in [0, 0.1) is 0 Å². The molecule has 24 heavy (non-hydrogen) atoms. The van der Waals surface area contributed by atoms with Gasteiger partial charge in [0.25, 0.3) is 0 Å². The molecule has 0 aliphatic carbocycles. The second kappa shape index (κ2) is 8.08. The van der Waals surface area contributed by atoms with Crippen molar-refractivity contribution >= 4 is 5.97 Å². The van der Waals surface area contributed by atoms with Crippen molar-refractivity contribution in [2.75, 3.05) is 6.61 Å². The Balaban J connectivity index is 1.95. The molecule has 2 N–H and O–H groups in total. The van der Waals surface area contributed by atoms with E-state index in [1.807, 2.05) is 63.2 Å². The average Bonchev–Trinajstić information content (AvgIpc) is 2.55. The number of hydrogen-bond donors (Lipinski definition) is 2. The van der Waals surface area contributed by atoms with E-state index in [4.69, 9.17) is 4.74 Å². The fraction of sp³-hybridized carbons (Fsp3) is 0.350. The van der Waals surface area contributed by atoms with E-state index >= 15 is 0 Å². The molecule has 2 aromatic rings. The lowest BCUT2D eigenvalue weighted by molar-refractivity contribution is 0.00695. The minimum atomic E-state index is -0.499. The van der Waals surface area contributed by atoms with Crippen LogP contribution in [0.5, 0.6) is 0 Å². The lowest BCUT2D eigenvalue weighted by Crippen LogP contribution is -2.24. The van der Waals surface area contributed by atoms with Gasteiger partial charge in [-0.15, -0.1) is 0 Å². The minimum absolute atomic E-state index is 0.0278. The summed E-state index contributed by atoms with van der Waals surface area (Å²) in [6.07, 6.45) is 0. The van der Waals surface area contributed by atoms with Gasteiger partial charge in [-0.1, -0.05) is 42.5 Å². The van der Waals surface area contributed by atoms with E-state index in [1.54, 1.807) is 12.1 Å². The van der Waals surface area contributed by atoms with E-state index in [-0.39, 0.29) is 18.6 Å². The van der Waals surface area contributed by atoms with E-state index < -0.39 is 5.60 Å². The molecule has 2 rings (SSSR count). The Morgan fingerprint density at radius 2 is 1.71 bits per heavy atom. The Bertz CT molecular complexity index is 645. The second-order valence-electron chi connectivity index (χ2n) is 6.73. The van der Waals surface area contributed by atoms with Gasteiger partial charge in [0, 0.05) is 6.54 Å². The van der Waals surface area contributed by atoms with Gasteiger partial charge in [0.2, 0.25) is 0 Å². The van der Waals surface area contributed by atoms with E-state index in [0.717, 1.165) is 11.1 Å². The van der Waals surface area contributed by atoms with Crippen molar-refractivity contribution in [3.63, 3.8) is 0 Å². The van der Waals surface area contributed by atoms with Crippen molar-refractivity contribution in [3.05, 3.63) is 71.3 Å². The summed E-state index contributed by atoms with van der Waals surface area (Å²) in [5, 5.41) is 12.9. The number of rotatable bonds is 6. The zero-order valence-electron chi connectivity index (χ0n) is 14.5. The standard InChI is InChI=1S/C20H25NO3/c1-20(2,3)24-19(23)17-11-9-15(10-12-17)13-21-18(14-22)16-7-5-4-6-8-16/h4-12,18,21-22H,13-14H2,1-3H3. The quantitative estimate of drug-likeness (QED) is 0.798. The molecule has 2 aromatic carbocycles. The minimum Gasteiger partial charge on any atom is -0.456 e. The normalized spacial score (nSPS) is 12.7. The zero-order valence-corrected chi connectivity index (χ0v) is 14.5. The van der Waals surface area contributed by atoms with Gasteiger partial charge >= 0.3 is 5.97 Å². The van der Waals surface area contributed by atoms with Gasteiger partial charge in [-0.05, 0) is 44.0 Å². The molecule has 4 heteroatoms. The summed E-state index contributed by atoms with van der Waals surface area (Å²) in [5.74, 6) is -0.320. The van der Waals surface area contributed by atoms with Gasteiger partial charge < -0.3 is 15.2 Å². The number of aliphatic hydroxyl groups excluding tert-OH is 1. The van der Waals surface area contributed by atoms with Crippen molar-refractivity contribution in [2.24, 2.45) is 0 Å². The predicted octanol–water partition coefficient (Wildman–Crippen LogP) is 3.47. The van der Waals surface area contributed by atoms with Crippen molar-refractivity contribution < 1.29 is 14.6 Å². The van der Waals surface area contributed by atoms with Crippen LogP contribution in [0.2, 0.25) is 0 Å². The Morgan fingerprint density at radius 1 is 1.08 bits per heavy atom. The van der Waals surface area contributed by atoms with E-state index in [2.05, 4.69) is 5.32 Å². The number of aliphatic hydroxyl groups is 1. The lowest BCUT2D eigenvalue weighted by atomic mass is 10.1. The Morgan fingerprint density at radius 3 is 2.25 bits per heavy atom. The molecular weight excluding hydrogens is 302 g/mol. The Labute approximate surface area is 143 Å². The Hall–Kier alpha value is -2.17. The first-order valence-corrected chi connectivity index (χ1v) is 8.10. The van der Waals surface area contributed by atoms with E-state index in [1.165, 1.54) is 0 Å². The van der Waals surface area contributed by atoms with Crippen LogP contribution in [0.15, 0.2) is 54.6 Å². The number of benzene rings is 2. The number of esters is 1. The highest BCUT2D eigenvalue weighted by atomic mass is 16.6. The third kappa shape index (κ3) is 5.48. The van der Waals surface area contributed by atoms with Crippen molar-refractivity contribution in [1.29, 1.82) is 0 Å². The summed E-state index contributed by atoms with van der Waals surface area (Å²) < 4.78 is 5.35. The van der Waals surface area contributed by atoms with Gasteiger partial charge in [-0.25, -0.2) is 4.79 Å². The summed E-state index contributed by atoms with van der Waals surface area (Å²) in [7, 11) is 0. The number of nitrogens with one attached hydrogen (secondary N) is 1. The maximum absolute atomic E-state index is 12.0. The van der Waals surface area contributed by atoms with Crippen molar-refractivity contribution in [2.45, 2.75) is 39.0 Å². The molecule has 0 aliphatic heterocycles. The fourth-order valence-corrected chi connectivity index (χ4v) is 2.31. The van der Waals surface area contributed by atoms with Crippen LogP contribution in [-0.4, -0.2) is 23.3 Å². The van der Waals surface area contributed by atoms with Gasteiger partial charge in [0.15, 0.2) is 0 Å². The molecule has 0 bridgehead atoms. The van der Waals surface area contributed by atoms with E-state index in [9.17, 15) is 9.90 Å². The summed E-state index contributed by atoms with van der Waals surface area (Å²) in [4.78, 5) is 12.0. The zero-order chi connectivity index (χ0) is 17.6. The maximum atomic E-state index is 12.0. The summed E-state index contributed by atoms with van der Waals surface area (Å²) in [6.45, 7) is 6.18. The monoisotopic (exact) mass is 327 g/mol. The van der Waals surface area contributed by atoms with Crippen molar-refractivity contribution in [3.8, 4) is 0 Å². The topological polar surface area (TPSA) is 58.6 Å². The summed E-state index contributed by atoms with van der Waals surface area (Å²) >= 11 is 0. The largest absolute Gasteiger partial charge is 0.456 e. The molecule has 0 spiro atoms. The number of hydrogen-bond acceptors (Lipinski definition) is 4. The molecule has 1 unspecified atom stereocenters. The highest BCUT2D eigenvalue weighted by Crippen LogP contribution is 2.15. The first kappa shape index (κ1) is 18.2. The van der Waals surface area contributed by atoms with Gasteiger partial charge in [0.1, 0.15) is 5.60 Å². The highest BCUT2D eigenvalue weighted by Gasteiger charge is 2.17.